The lowest BCUT2D eigenvalue weighted by Gasteiger charge is -2.17. The van der Waals surface area contributed by atoms with E-state index in [0.29, 0.717) is 25.3 Å². The molecule has 0 heterocycles. The lowest BCUT2D eigenvalue weighted by atomic mass is 10.1. The van der Waals surface area contributed by atoms with Gasteiger partial charge in [0.2, 0.25) is 5.91 Å². The molecule has 0 spiro atoms. The van der Waals surface area contributed by atoms with Crippen LogP contribution in [0.1, 0.15) is 39.5 Å². The van der Waals surface area contributed by atoms with Crippen molar-refractivity contribution in [3.05, 3.63) is 0 Å². The van der Waals surface area contributed by atoms with Crippen molar-refractivity contribution < 1.29 is 14.7 Å². The second kappa shape index (κ2) is 7.26. The number of nitrogens with zero attached hydrogens (tertiary/aromatic N) is 1. The Morgan fingerprint density at radius 2 is 1.87 bits per heavy atom. The molecule has 15 heavy (non-hydrogen) atoms. The van der Waals surface area contributed by atoms with Crippen molar-refractivity contribution in [3.8, 4) is 0 Å². The molecule has 0 rings (SSSR count). The van der Waals surface area contributed by atoms with Gasteiger partial charge >= 0.3 is 5.97 Å². The van der Waals surface area contributed by atoms with Crippen LogP contribution in [0.25, 0.3) is 0 Å². The van der Waals surface area contributed by atoms with E-state index in [2.05, 4.69) is 13.8 Å². The Morgan fingerprint density at radius 3 is 2.33 bits per heavy atom. The van der Waals surface area contributed by atoms with Crippen LogP contribution in [0.15, 0.2) is 0 Å². The Balaban J connectivity index is 3.64. The Kier molecular flexibility index (Phi) is 6.75. The quantitative estimate of drug-likeness (QED) is 0.703. The van der Waals surface area contributed by atoms with Gasteiger partial charge in [0.05, 0.1) is 0 Å². The van der Waals surface area contributed by atoms with E-state index in [1.54, 1.807) is 11.9 Å². The molecule has 0 aromatic rings. The topological polar surface area (TPSA) is 57.6 Å². The molecule has 0 atom stereocenters. The SMILES string of the molecule is CC(C)CCC(=O)N(C)CCCC(=O)O. The van der Waals surface area contributed by atoms with Crippen molar-refractivity contribution in [2.45, 2.75) is 39.5 Å². The van der Waals surface area contributed by atoms with Crippen molar-refractivity contribution in [3.63, 3.8) is 0 Å². The molecule has 4 heteroatoms. The van der Waals surface area contributed by atoms with Crippen LogP contribution in [-0.2, 0) is 9.59 Å². The van der Waals surface area contributed by atoms with Gasteiger partial charge in [0.25, 0.3) is 0 Å². The zero-order chi connectivity index (χ0) is 11.8. The fraction of sp³-hybridized carbons (Fsp3) is 0.818. The molecule has 0 aromatic heterocycles. The first kappa shape index (κ1) is 13.9. The van der Waals surface area contributed by atoms with Crippen LogP contribution in [0.2, 0.25) is 0 Å². The molecule has 88 valence electrons. The van der Waals surface area contributed by atoms with Crippen molar-refractivity contribution in [1.82, 2.24) is 4.90 Å². The smallest absolute Gasteiger partial charge is 0.303 e. The molecule has 0 aliphatic heterocycles. The van der Waals surface area contributed by atoms with E-state index >= 15 is 0 Å². The highest BCUT2D eigenvalue weighted by atomic mass is 16.4. The molecule has 1 amide bonds. The predicted octanol–water partition coefficient (Wildman–Crippen LogP) is 1.75. The minimum atomic E-state index is -0.807. The van der Waals surface area contributed by atoms with Gasteiger partial charge in [0.15, 0.2) is 0 Å². The number of hydrogen-bond donors (Lipinski definition) is 1. The van der Waals surface area contributed by atoms with Crippen LogP contribution in [0, 0.1) is 5.92 Å². The maximum Gasteiger partial charge on any atom is 0.303 e. The van der Waals surface area contributed by atoms with Gasteiger partial charge < -0.3 is 10.0 Å². The number of carboxylic acids is 1. The lowest BCUT2D eigenvalue weighted by Crippen LogP contribution is -2.28. The molecule has 0 aromatic carbocycles. The molecule has 0 radical (unpaired) electrons. The van der Waals surface area contributed by atoms with E-state index in [1.807, 2.05) is 0 Å². The molecule has 0 bridgehead atoms. The number of aliphatic carboxylic acids is 1. The highest BCUT2D eigenvalue weighted by Crippen LogP contribution is 2.06. The molecule has 0 fully saturated rings. The molecule has 0 aliphatic rings. The van der Waals surface area contributed by atoms with Gasteiger partial charge in [-0.2, -0.15) is 0 Å². The Hall–Kier alpha value is -1.06. The zero-order valence-electron chi connectivity index (χ0n) is 9.82. The number of amides is 1. The number of carbonyl (C=O) groups is 2. The summed E-state index contributed by atoms with van der Waals surface area (Å²) in [7, 11) is 1.73. The van der Waals surface area contributed by atoms with Gasteiger partial charge in [-0.15, -0.1) is 0 Å². The van der Waals surface area contributed by atoms with Gasteiger partial charge in [-0.05, 0) is 18.8 Å². The summed E-state index contributed by atoms with van der Waals surface area (Å²) in [4.78, 5) is 23.4. The van der Waals surface area contributed by atoms with Crippen LogP contribution < -0.4 is 0 Å². The van der Waals surface area contributed by atoms with E-state index in [9.17, 15) is 9.59 Å². The summed E-state index contributed by atoms with van der Waals surface area (Å²) in [6.07, 6.45) is 2.10. The second-order valence-corrected chi connectivity index (χ2v) is 4.25. The molecule has 0 saturated heterocycles. The summed E-state index contributed by atoms with van der Waals surface area (Å²) in [5, 5.41) is 8.44. The number of hydrogen-bond acceptors (Lipinski definition) is 2. The Labute approximate surface area is 91.3 Å². The van der Waals surface area contributed by atoms with E-state index in [1.165, 1.54) is 0 Å². The third kappa shape index (κ3) is 7.97. The van der Waals surface area contributed by atoms with Gasteiger partial charge in [-0.3, -0.25) is 9.59 Å². The molecule has 0 unspecified atom stereocenters. The number of carboxylic acid groups (broad SMARTS) is 1. The maximum absolute atomic E-state index is 11.5. The molecule has 0 aliphatic carbocycles. The first-order chi connectivity index (χ1) is 6.93. The first-order valence-electron chi connectivity index (χ1n) is 5.39. The molecule has 4 nitrogen and oxygen atoms in total. The van der Waals surface area contributed by atoms with Crippen LogP contribution in [-0.4, -0.2) is 35.5 Å². The summed E-state index contributed by atoms with van der Waals surface area (Å²) in [6, 6.07) is 0. The molecule has 1 N–H and O–H groups in total. The summed E-state index contributed by atoms with van der Waals surface area (Å²) in [5.41, 5.74) is 0. The fourth-order valence-corrected chi connectivity index (χ4v) is 1.20. The minimum absolute atomic E-state index is 0.106. The van der Waals surface area contributed by atoms with E-state index in [-0.39, 0.29) is 12.3 Å². The van der Waals surface area contributed by atoms with Crippen LogP contribution in [0.4, 0.5) is 0 Å². The Bertz CT molecular complexity index is 214. The normalized spacial score (nSPS) is 10.4. The van der Waals surface area contributed by atoms with Crippen molar-refractivity contribution in [2.24, 2.45) is 5.92 Å². The lowest BCUT2D eigenvalue weighted by molar-refractivity contribution is -0.138. The molecular weight excluding hydrogens is 194 g/mol. The van der Waals surface area contributed by atoms with E-state index in [0.717, 1.165) is 6.42 Å². The van der Waals surface area contributed by atoms with Crippen LogP contribution >= 0.6 is 0 Å². The highest BCUT2D eigenvalue weighted by molar-refractivity contribution is 5.75. The number of carbonyl (C=O) groups excluding carboxylic acids is 1. The Morgan fingerprint density at radius 1 is 1.27 bits per heavy atom. The van der Waals surface area contributed by atoms with Gasteiger partial charge in [-0.25, -0.2) is 0 Å². The van der Waals surface area contributed by atoms with Crippen molar-refractivity contribution >= 4 is 11.9 Å². The van der Waals surface area contributed by atoms with Gasteiger partial charge in [-0.1, -0.05) is 13.8 Å². The van der Waals surface area contributed by atoms with Gasteiger partial charge in [0, 0.05) is 26.4 Å². The third-order valence-electron chi connectivity index (χ3n) is 2.25. The third-order valence-corrected chi connectivity index (χ3v) is 2.25. The van der Waals surface area contributed by atoms with Gasteiger partial charge in [0.1, 0.15) is 0 Å². The minimum Gasteiger partial charge on any atom is -0.481 e. The standard InChI is InChI=1S/C11H21NO3/c1-9(2)6-7-10(13)12(3)8-4-5-11(14)15/h9H,4-8H2,1-3H3,(H,14,15). The summed E-state index contributed by atoms with van der Waals surface area (Å²) >= 11 is 0. The monoisotopic (exact) mass is 215 g/mol. The van der Waals surface area contributed by atoms with Crippen molar-refractivity contribution in [2.75, 3.05) is 13.6 Å². The zero-order valence-corrected chi connectivity index (χ0v) is 9.82. The fourth-order valence-electron chi connectivity index (χ4n) is 1.20. The maximum atomic E-state index is 11.5. The summed E-state index contributed by atoms with van der Waals surface area (Å²) in [6.45, 7) is 4.69. The van der Waals surface area contributed by atoms with Crippen LogP contribution in [0.3, 0.4) is 0 Å². The molecule has 0 saturated carbocycles. The first-order valence-corrected chi connectivity index (χ1v) is 5.39. The average molecular weight is 215 g/mol. The summed E-state index contributed by atoms with van der Waals surface area (Å²) in [5.74, 6) is -0.173. The van der Waals surface area contributed by atoms with Crippen LogP contribution in [0.5, 0.6) is 0 Å². The highest BCUT2D eigenvalue weighted by Gasteiger charge is 2.09. The summed E-state index contributed by atoms with van der Waals surface area (Å²) < 4.78 is 0. The van der Waals surface area contributed by atoms with E-state index in [4.69, 9.17) is 5.11 Å². The van der Waals surface area contributed by atoms with Crippen molar-refractivity contribution in [1.29, 1.82) is 0 Å². The average Bonchev–Trinajstić information content (AvgIpc) is 2.13. The van der Waals surface area contributed by atoms with E-state index < -0.39 is 5.97 Å². The molecular formula is C11H21NO3. The predicted molar refractivity (Wildman–Crippen MR) is 58.6 cm³/mol. The number of rotatable bonds is 7. The largest absolute Gasteiger partial charge is 0.481 e. The second-order valence-electron chi connectivity index (χ2n) is 4.25.